The molecule has 0 aromatic heterocycles. The van der Waals surface area contributed by atoms with E-state index >= 15 is 0 Å². The van der Waals surface area contributed by atoms with Crippen LogP contribution in [0.15, 0.2) is 84.0 Å². The minimum absolute atomic E-state index is 0.0487. The van der Waals surface area contributed by atoms with Gasteiger partial charge in [0.25, 0.3) is 0 Å². The Morgan fingerprint density at radius 1 is 0.963 bits per heavy atom. The van der Waals surface area contributed by atoms with Gasteiger partial charge in [0.15, 0.2) is 0 Å². The maximum atomic E-state index is 11.1. The van der Waals surface area contributed by atoms with Crippen molar-refractivity contribution in [3.63, 3.8) is 0 Å². The molecule has 5 heteroatoms. The molecule has 1 atom stereocenters. The van der Waals surface area contributed by atoms with E-state index in [2.05, 4.69) is 12.1 Å². The second-order valence-electron chi connectivity index (χ2n) is 6.38. The number of hydrogen-bond donors (Lipinski definition) is 1. The van der Waals surface area contributed by atoms with Crippen LogP contribution >= 0.6 is 11.6 Å². The molecule has 4 nitrogen and oxygen atoms in total. The first-order valence-electron chi connectivity index (χ1n) is 8.63. The number of nitrogens with zero attached hydrogens (tertiary/aromatic N) is 2. The molecule has 0 radical (unpaired) electrons. The predicted molar refractivity (Wildman–Crippen MR) is 108 cm³/mol. The number of anilines is 1. The fraction of sp³-hybridized carbons (Fsp3) is 0.0909. The van der Waals surface area contributed by atoms with Crippen molar-refractivity contribution in [3.8, 4) is 0 Å². The molecule has 0 amide bonds. The van der Waals surface area contributed by atoms with Gasteiger partial charge in [-0.3, -0.25) is 5.01 Å². The fourth-order valence-corrected chi connectivity index (χ4v) is 3.38. The van der Waals surface area contributed by atoms with E-state index in [-0.39, 0.29) is 11.6 Å². The number of hydrazone groups is 1. The summed E-state index contributed by atoms with van der Waals surface area (Å²) < 4.78 is 0. The zero-order chi connectivity index (χ0) is 18.8. The third-order valence-electron chi connectivity index (χ3n) is 4.65. The summed E-state index contributed by atoms with van der Waals surface area (Å²) in [7, 11) is 0. The lowest BCUT2D eigenvalue weighted by molar-refractivity contribution is 0.0697. The Kier molecular flexibility index (Phi) is 4.65. The zero-order valence-corrected chi connectivity index (χ0v) is 15.2. The monoisotopic (exact) mass is 376 g/mol. The number of rotatable bonds is 4. The normalized spacial score (nSPS) is 16.3. The summed E-state index contributed by atoms with van der Waals surface area (Å²) in [6, 6.07) is 24.7. The average molecular weight is 377 g/mol. The Balaban J connectivity index is 1.73. The molecule has 0 aliphatic carbocycles. The van der Waals surface area contributed by atoms with E-state index in [1.807, 2.05) is 47.5 Å². The molecule has 1 N–H and O–H groups in total. The van der Waals surface area contributed by atoms with E-state index in [9.17, 15) is 4.79 Å². The summed E-state index contributed by atoms with van der Waals surface area (Å²) in [5.74, 6) is -0.937. The van der Waals surface area contributed by atoms with E-state index < -0.39 is 5.97 Å². The summed E-state index contributed by atoms with van der Waals surface area (Å²) >= 11 is 6.01. The van der Waals surface area contributed by atoms with Crippen LogP contribution in [0.4, 0.5) is 5.69 Å². The highest BCUT2D eigenvalue weighted by Crippen LogP contribution is 2.36. The van der Waals surface area contributed by atoms with Crippen molar-refractivity contribution >= 4 is 29.0 Å². The van der Waals surface area contributed by atoms with Crippen LogP contribution < -0.4 is 5.01 Å². The molecule has 1 aliphatic heterocycles. The number of carbonyl (C=O) groups is 1. The van der Waals surface area contributed by atoms with E-state index in [1.54, 1.807) is 24.3 Å². The molecule has 3 aromatic carbocycles. The minimum atomic E-state index is -0.937. The summed E-state index contributed by atoms with van der Waals surface area (Å²) in [6.07, 6.45) is 0.756. The summed E-state index contributed by atoms with van der Waals surface area (Å²) in [6.45, 7) is 0. The molecule has 0 saturated carbocycles. The van der Waals surface area contributed by atoms with Crippen LogP contribution in [0.5, 0.6) is 0 Å². The second kappa shape index (κ2) is 7.25. The molecule has 134 valence electrons. The van der Waals surface area contributed by atoms with E-state index in [1.165, 1.54) is 0 Å². The van der Waals surface area contributed by atoms with Crippen LogP contribution in [0.2, 0.25) is 5.02 Å². The number of benzene rings is 3. The number of halogens is 1. The Morgan fingerprint density at radius 3 is 2.26 bits per heavy atom. The van der Waals surface area contributed by atoms with Crippen molar-refractivity contribution in [2.24, 2.45) is 5.10 Å². The predicted octanol–water partition coefficient (Wildman–Crippen LogP) is 5.39. The maximum Gasteiger partial charge on any atom is 0.335 e. The first kappa shape index (κ1) is 17.3. The first-order chi connectivity index (χ1) is 13.1. The highest BCUT2D eigenvalue weighted by Gasteiger charge is 2.29. The maximum absolute atomic E-state index is 11.1. The molecule has 4 rings (SSSR count). The average Bonchev–Trinajstić information content (AvgIpc) is 3.15. The molecule has 3 aromatic rings. The van der Waals surface area contributed by atoms with Crippen LogP contribution in [0.25, 0.3) is 0 Å². The molecule has 0 unspecified atom stereocenters. The van der Waals surface area contributed by atoms with Crippen molar-refractivity contribution in [1.29, 1.82) is 0 Å². The first-order valence-corrected chi connectivity index (χ1v) is 9.00. The quantitative estimate of drug-likeness (QED) is 0.663. The van der Waals surface area contributed by atoms with Gasteiger partial charge in [-0.25, -0.2) is 4.79 Å². The SMILES string of the molecule is O=C(O)c1ccc(N2N=C(c3ccc(Cl)cc3)C[C@H]2c2ccccc2)cc1. The number of carboxylic acids is 1. The Morgan fingerprint density at radius 2 is 1.63 bits per heavy atom. The highest BCUT2D eigenvalue weighted by molar-refractivity contribution is 6.30. The van der Waals surface area contributed by atoms with Crippen molar-refractivity contribution in [2.45, 2.75) is 12.5 Å². The molecular formula is C22H17ClN2O2. The molecule has 0 spiro atoms. The summed E-state index contributed by atoms with van der Waals surface area (Å²) in [5, 5.41) is 16.6. The van der Waals surface area contributed by atoms with E-state index in [0.717, 1.165) is 28.9 Å². The largest absolute Gasteiger partial charge is 0.478 e. The van der Waals surface area contributed by atoms with E-state index in [4.69, 9.17) is 21.8 Å². The Labute approximate surface area is 162 Å². The van der Waals surface area contributed by atoms with E-state index in [0.29, 0.717) is 5.02 Å². The molecule has 27 heavy (non-hydrogen) atoms. The minimum Gasteiger partial charge on any atom is -0.478 e. The molecular weight excluding hydrogens is 360 g/mol. The van der Waals surface area contributed by atoms with Gasteiger partial charge in [-0.15, -0.1) is 0 Å². The second-order valence-corrected chi connectivity index (χ2v) is 6.82. The number of carboxylic acid groups (broad SMARTS) is 1. The van der Waals surface area contributed by atoms with Crippen LogP contribution in [-0.4, -0.2) is 16.8 Å². The molecule has 0 fully saturated rings. The van der Waals surface area contributed by atoms with Gasteiger partial charge < -0.3 is 5.11 Å². The lowest BCUT2D eigenvalue weighted by Gasteiger charge is -2.24. The van der Waals surface area contributed by atoms with Gasteiger partial charge in [-0.2, -0.15) is 5.10 Å². The van der Waals surface area contributed by atoms with Gasteiger partial charge in [-0.1, -0.05) is 54.1 Å². The molecule has 1 aliphatic rings. The fourth-order valence-electron chi connectivity index (χ4n) is 3.26. The Hall–Kier alpha value is -3.11. The van der Waals surface area contributed by atoms with Crippen molar-refractivity contribution in [1.82, 2.24) is 0 Å². The van der Waals surface area contributed by atoms with Gasteiger partial charge in [0.05, 0.1) is 23.0 Å². The standard InChI is InChI=1S/C22H17ClN2O2/c23-18-10-6-15(7-11-18)20-14-21(16-4-2-1-3-5-16)25(24-20)19-12-8-17(9-13-19)22(26)27/h1-13,21H,14H2,(H,26,27)/t21-/m0/s1. The van der Waals surface area contributed by atoms with Gasteiger partial charge >= 0.3 is 5.97 Å². The third-order valence-corrected chi connectivity index (χ3v) is 4.90. The van der Waals surface area contributed by atoms with Crippen LogP contribution in [0.3, 0.4) is 0 Å². The zero-order valence-electron chi connectivity index (χ0n) is 14.4. The van der Waals surface area contributed by atoms with Crippen molar-refractivity contribution < 1.29 is 9.90 Å². The lowest BCUT2D eigenvalue weighted by Crippen LogP contribution is -2.18. The molecule has 0 saturated heterocycles. The van der Waals surface area contributed by atoms with Crippen LogP contribution in [0, 0.1) is 0 Å². The molecule has 1 heterocycles. The van der Waals surface area contributed by atoms with Crippen molar-refractivity contribution in [3.05, 3.63) is 101 Å². The van der Waals surface area contributed by atoms with Crippen LogP contribution in [-0.2, 0) is 0 Å². The topological polar surface area (TPSA) is 52.9 Å². The van der Waals surface area contributed by atoms with Gasteiger partial charge in [0, 0.05) is 11.4 Å². The number of hydrogen-bond acceptors (Lipinski definition) is 3. The summed E-state index contributed by atoms with van der Waals surface area (Å²) in [4.78, 5) is 11.1. The highest BCUT2D eigenvalue weighted by atomic mass is 35.5. The Bertz CT molecular complexity index is 983. The van der Waals surface area contributed by atoms with Gasteiger partial charge in [0.2, 0.25) is 0 Å². The van der Waals surface area contributed by atoms with Crippen molar-refractivity contribution in [2.75, 3.05) is 5.01 Å². The summed E-state index contributed by atoms with van der Waals surface area (Å²) in [5.41, 5.74) is 4.29. The third kappa shape index (κ3) is 3.57. The van der Waals surface area contributed by atoms with Gasteiger partial charge in [-0.05, 0) is 47.5 Å². The smallest absolute Gasteiger partial charge is 0.335 e. The van der Waals surface area contributed by atoms with Crippen LogP contribution in [0.1, 0.15) is 33.9 Å². The molecule has 0 bridgehead atoms. The van der Waals surface area contributed by atoms with Gasteiger partial charge in [0.1, 0.15) is 0 Å². The number of aromatic carboxylic acids is 1. The lowest BCUT2D eigenvalue weighted by atomic mass is 9.98.